The molecule has 5 heteroatoms. The van der Waals surface area contributed by atoms with Crippen LogP contribution in [0, 0.1) is 0 Å². The van der Waals surface area contributed by atoms with Crippen molar-refractivity contribution in [2.45, 2.75) is 84.5 Å². The summed E-state index contributed by atoms with van der Waals surface area (Å²) in [5, 5.41) is 0. The number of carbonyl (C=O) groups is 1. The van der Waals surface area contributed by atoms with Crippen LogP contribution >= 0.6 is 0 Å². The summed E-state index contributed by atoms with van der Waals surface area (Å²) in [4.78, 5) is 14.5. The van der Waals surface area contributed by atoms with Gasteiger partial charge in [-0.1, -0.05) is 60.6 Å². The molecule has 0 aromatic heterocycles. The number of rotatable bonds is 7. The zero-order valence-corrected chi connectivity index (χ0v) is 19.8. The van der Waals surface area contributed by atoms with Crippen LogP contribution < -0.4 is 4.90 Å². The topological polar surface area (TPSA) is 38.8 Å². The second-order valence-corrected chi connectivity index (χ2v) is 13.9. The smallest absolute Gasteiger partial charge is 0.414 e. The lowest BCUT2D eigenvalue weighted by Crippen LogP contribution is -2.48. The predicted octanol–water partition coefficient (Wildman–Crippen LogP) is 6.97. The molecular formula is C23H37NO3Si. The van der Waals surface area contributed by atoms with Gasteiger partial charge < -0.3 is 9.16 Å². The maximum atomic E-state index is 12.7. The number of fused-ring (bicyclic) bond motifs is 1. The SMILES string of the molecule is CCOC(=O)N1c2ccccc2C(O[Si](C(C)C)(C(C)C)C(C)C)=CC1CC. The molecule has 0 radical (unpaired) electrons. The first kappa shape index (κ1) is 22.5. The van der Waals surface area contributed by atoms with Gasteiger partial charge in [-0.05, 0) is 48.2 Å². The molecule has 1 atom stereocenters. The van der Waals surface area contributed by atoms with Gasteiger partial charge in [0.2, 0.25) is 0 Å². The van der Waals surface area contributed by atoms with Gasteiger partial charge in [0.1, 0.15) is 5.76 Å². The molecule has 0 saturated heterocycles. The summed E-state index contributed by atoms with van der Waals surface area (Å²) >= 11 is 0. The van der Waals surface area contributed by atoms with Crippen molar-refractivity contribution in [3.63, 3.8) is 0 Å². The minimum absolute atomic E-state index is 0.0675. The predicted molar refractivity (Wildman–Crippen MR) is 120 cm³/mol. The molecule has 28 heavy (non-hydrogen) atoms. The van der Waals surface area contributed by atoms with E-state index in [0.29, 0.717) is 23.2 Å². The molecule has 0 bridgehead atoms. The van der Waals surface area contributed by atoms with Gasteiger partial charge in [0.15, 0.2) is 0 Å². The van der Waals surface area contributed by atoms with Crippen LogP contribution in [0.1, 0.15) is 67.4 Å². The number of benzene rings is 1. The molecule has 1 aromatic rings. The number of para-hydroxylation sites is 1. The Morgan fingerprint density at radius 2 is 1.61 bits per heavy atom. The highest BCUT2D eigenvalue weighted by atomic mass is 28.4. The average Bonchev–Trinajstić information content (AvgIpc) is 2.64. The molecule has 0 spiro atoms. The normalized spacial score (nSPS) is 17.0. The Hall–Kier alpha value is -1.75. The van der Waals surface area contributed by atoms with Gasteiger partial charge >= 0.3 is 6.09 Å². The van der Waals surface area contributed by atoms with E-state index in [1.165, 1.54) is 0 Å². The van der Waals surface area contributed by atoms with Crippen molar-refractivity contribution in [2.75, 3.05) is 11.5 Å². The van der Waals surface area contributed by atoms with E-state index in [1.54, 1.807) is 4.90 Å². The Balaban J connectivity index is 2.57. The third kappa shape index (κ3) is 4.00. The molecule has 1 unspecified atom stereocenters. The first-order chi connectivity index (χ1) is 13.2. The van der Waals surface area contributed by atoms with Crippen molar-refractivity contribution < 1.29 is 14.0 Å². The van der Waals surface area contributed by atoms with Crippen LogP contribution in [0.15, 0.2) is 30.3 Å². The van der Waals surface area contributed by atoms with E-state index in [2.05, 4.69) is 60.6 Å². The number of hydrogen-bond acceptors (Lipinski definition) is 3. The van der Waals surface area contributed by atoms with Crippen molar-refractivity contribution in [1.82, 2.24) is 0 Å². The molecule has 4 nitrogen and oxygen atoms in total. The van der Waals surface area contributed by atoms with E-state index in [-0.39, 0.29) is 12.1 Å². The third-order valence-corrected chi connectivity index (χ3v) is 12.0. The van der Waals surface area contributed by atoms with E-state index < -0.39 is 8.32 Å². The highest BCUT2D eigenvalue weighted by molar-refractivity contribution is 6.78. The van der Waals surface area contributed by atoms with Gasteiger partial charge in [-0.2, -0.15) is 0 Å². The van der Waals surface area contributed by atoms with E-state index >= 15 is 0 Å². The fourth-order valence-electron chi connectivity index (χ4n) is 4.77. The van der Waals surface area contributed by atoms with Crippen LogP contribution in [0.5, 0.6) is 0 Å². The monoisotopic (exact) mass is 403 g/mol. The molecule has 1 amide bonds. The summed E-state index contributed by atoms with van der Waals surface area (Å²) in [5.41, 5.74) is 3.33. The number of nitrogens with zero attached hydrogens (tertiary/aromatic N) is 1. The lowest BCUT2D eigenvalue weighted by molar-refractivity contribution is 0.158. The van der Waals surface area contributed by atoms with Gasteiger partial charge in [0.25, 0.3) is 8.32 Å². The summed E-state index contributed by atoms with van der Waals surface area (Å²) in [7, 11) is -2.09. The second kappa shape index (κ2) is 9.16. The number of ether oxygens (including phenoxy) is 1. The number of hydrogen-bond donors (Lipinski definition) is 0. The molecule has 2 rings (SSSR count). The van der Waals surface area contributed by atoms with Crippen LogP contribution in [-0.4, -0.2) is 27.1 Å². The van der Waals surface area contributed by atoms with Gasteiger partial charge in [-0.25, -0.2) is 4.79 Å². The fourth-order valence-corrected chi connectivity index (χ4v) is 10.0. The van der Waals surface area contributed by atoms with Crippen LogP contribution in [0.3, 0.4) is 0 Å². The molecule has 1 aliphatic heterocycles. The molecule has 0 N–H and O–H groups in total. The van der Waals surface area contributed by atoms with E-state index in [1.807, 2.05) is 25.1 Å². The number of carbonyl (C=O) groups excluding carboxylic acids is 1. The Morgan fingerprint density at radius 1 is 1.04 bits per heavy atom. The van der Waals surface area contributed by atoms with Gasteiger partial charge in [0.05, 0.1) is 18.3 Å². The highest BCUT2D eigenvalue weighted by Gasteiger charge is 2.48. The summed E-state index contributed by atoms with van der Waals surface area (Å²) in [5.74, 6) is 0.936. The Morgan fingerprint density at radius 3 is 2.11 bits per heavy atom. The van der Waals surface area contributed by atoms with Gasteiger partial charge in [-0.3, -0.25) is 4.90 Å². The molecule has 1 aliphatic rings. The molecule has 1 aromatic carbocycles. The van der Waals surface area contributed by atoms with E-state index in [0.717, 1.165) is 23.4 Å². The Bertz CT molecular complexity index is 690. The number of anilines is 1. The molecule has 0 fully saturated rings. The fraction of sp³-hybridized carbons (Fsp3) is 0.609. The molecule has 0 aliphatic carbocycles. The largest absolute Gasteiger partial charge is 0.542 e. The van der Waals surface area contributed by atoms with Crippen LogP contribution in [0.2, 0.25) is 16.6 Å². The molecule has 1 heterocycles. The highest BCUT2D eigenvalue weighted by Crippen LogP contribution is 2.47. The number of amides is 1. The Kier molecular flexibility index (Phi) is 7.37. The third-order valence-electron chi connectivity index (χ3n) is 5.98. The molecule has 0 saturated carbocycles. The minimum atomic E-state index is -2.09. The van der Waals surface area contributed by atoms with Crippen molar-refractivity contribution in [3.05, 3.63) is 35.9 Å². The lowest BCUT2D eigenvalue weighted by Gasteiger charge is -2.45. The maximum Gasteiger partial charge on any atom is 0.414 e. The summed E-state index contributed by atoms with van der Waals surface area (Å²) in [6, 6.07) is 7.96. The molecular weight excluding hydrogens is 366 g/mol. The first-order valence-corrected chi connectivity index (χ1v) is 12.8. The summed E-state index contributed by atoms with van der Waals surface area (Å²) < 4.78 is 12.4. The zero-order valence-electron chi connectivity index (χ0n) is 18.8. The Labute approximate surface area is 172 Å². The van der Waals surface area contributed by atoms with Gasteiger partial charge in [-0.15, -0.1) is 0 Å². The van der Waals surface area contributed by atoms with Crippen molar-refractivity contribution >= 4 is 25.9 Å². The van der Waals surface area contributed by atoms with Crippen molar-refractivity contribution in [1.29, 1.82) is 0 Å². The van der Waals surface area contributed by atoms with Crippen LogP contribution in [0.4, 0.5) is 10.5 Å². The zero-order chi connectivity index (χ0) is 21.1. The van der Waals surface area contributed by atoms with Crippen molar-refractivity contribution in [2.24, 2.45) is 0 Å². The maximum absolute atomic E-state index is 12.7. The second-order valence-electron chi connectivity index (χ2n) is 8.51. The summed E-state index contributed by atoms with van der Waals surface area (Å²) in [6.45, 7) is 18.1. The minimum Gasteiger partial charge on any atom is -0.542 e. The molecule has 156 valence electrons. The summed E-state index contributed by atoms with van der Waals surface area (Å²) in [6.07, 6.45) is 2.64. The lowest BCUT2D eigenvalue weighted by atomic mass is 10.0. The van der Waals surface area contributed by atoms with Crippen molar-refractivity contribution in [3.8, 4) is 0 Å². The van der Waals surface area contributed by atoms with Crippen LogP contribution in [-0.2, 0) is 9.16 Å². The first-order valence-electron chi connectivity index (χ1n) is 10.7. The standard InChI is InChI=1S/C23H37NO3Si/c1-9-19-15-22(27-28(16(3)4,17(5)6)18(7)8)20-13-11-12-14-21(20)24(19)23(25)26-10-2/h11-19H,9-10H2,1-8H3. The average molecular weight is 404 g/mol. The van der Waals surface area contributed by atoms with Crippen LogP contribution in [0.25, 0.3) is 5.76 Å². The van der Waals surface area contributed by atoms with E-state index in [9.17, 15) is 4.79 Å². The quantitative estimate of drug-likeness (QED) is 0.461. The van der Waals surface area contributed by atoms with E-state index in [4.69, 9.17) is 9.16 Å². The van der Waals surface area contributed by atoms with Gasteiger partial charge in [0, 0.05) is 5.56 Å².